The molecule has 1 aliphatic heterocycles. The Morgan fingerprint density at radius 3 is 2.74 bits per heavy atom. The number of hydrogen-bond donors (Lipinski definition) is 1. The lowest BCUT2D eigenvalue weighted by atomic mass is 10.0. The molecule has 1 aromatic rings. The molecule has 3 nitrogen and oxygen atoms in total. The van der Waals surface area contributed by atoms with Gasteiger partial charge in [-0.1, -0.05) is 13.0 Å². The van der Waals surface area contributed by atoms with Crippen LogP contribution in [0.5, 0.6) is 11.5 Å². The summed E-state index contributed by atoms with van der Waals surface area (Å²) in [5.41, 5.74) is 1.35. The Hall–Kier alpha value is -1.22. The fourth-order valence-electron chi connectivity index (χ4n) is 2.66. The Balaban J connectivity index is 1.80. The first-order valence-electron chi connectivity index (χ1n) is 7.51. The molecular weight excluding hydrogens is 238 g/mol. The summed E-state index contributed by atoms with van der Waals surface area (Å²) in [6, 6.07) is 6.92. The third kappa shape index (κ3) is 3.03. The van der Waals surface area contributed by atoms with Crippen LogP contribution in [-0.4, -0.2) is 19.8 Å². The van der Waals surface area contributed by atoms with Crippen LogP contribution in [0.1, 0.15) is 44.2 Å². The van der Waals surface area contributed by atoms with Crippen molar-refractivity contribution in [2.45, 2.75) is 38.6 Å². The molecule has 0 radical (unpaired) electrons. The third-order valence-electron chi connectivity index (χ3n) is 3.84. The van der Waals surface area contributed by atoms with Crippen LogP contribution in [0.25, 0.3) is 0 Å². The van der Waals surface area contributed by atoms with Gasteiger partial charge in [0.05, 0.1) is 13.2 Å². The summed E-state index contributed by atoms with van der Waals surface area (Å²) >= 11 is 0. The summed E-state index contributed by atoms with van der Waals surface area (Å²) in [6.45, 7) is 4.81. The Morgan fingerprint density at radius 1 is 1.21 bits per heavy atom. The van der Waals surface area contributed by atoms with Crippen molar-refractivity contribution in [3.8, 4) is 11.5 Å². The van der Waals surface area contributed by atoms with E-state index in [4.69, 9.17) is 9.47 Å². The topological polar surface area (TPSA) is 30.5 Å². The minimum absolute atomic E-state index is 0.483. The lowest BCUT2D eigenvalue weighted by Gasteiger charge is -2.20. The van der Waals surface area contributed by atoms with Gasteiger partial charge < -0.3 is 14.8 Å². The van der Waals surface area contributed by atoms with E-state index in [9.17, 15) is 0 Å². The molecule has 19 heavy (non-hydrogen) atoms. The van der Waals surface area contributed by atoms with E-state index in [0.717, 1.165) is 43.6 Å². The summed E-state index contributed by atoms with van der Waals surface area (Å²) in [4.78, 5) is 0. The Labute approximate surface area is 115 Å². The summed E-state index contributed by atoms with van der Waals surface area (Å²) in [5.74, 6) is 2.61. The summed E-state index contributed by atoms with van der Waals surface area (Å²) in [7, 11) is 0. The Morgan fingerprint density at radius 2 is 2.00 bits per heavy atom. The molecule has 104 valence electrons. The molecular formula is C16H23NO2. The monoisotopic (exact) mass is 261 g/mol. The number of fused-ring (bicyclic) bond motifs is 1. The molecule has 1 aliphatic carbocycles. The molecule has 3 heteroatoms. The molecule has 2 aliphatic rings. The fraction of sp³-hybridized carbons (Fsp3) is 0.625. The van der Waals surface area contributed by atoms with Crippen molar-refractivity contribution < 1.29 is 9.47 Å². The largest absolute Gasteiger partial charge is 0.490 e. The zero-order valence-electron chi connectivity index (χ0n) is 11.7. The van der Waals surface area contributed by atoms with Gasteiger partial charge in [0.25, 0.3) is 0 Å². The molecule has 0 saturated heterocycles. The summed E-state index contributed by atoms with van der Waals surface area (Å²) < 4.78 is 11.5. The first kappa shape index (κ1) is 12.8. The highest BCUT2D eigenvalue weighted by atomic mass is 16.5. The predicted molar refractivity (Wildman–Crippen MR) is 75.8 cm³/mol. The maximum atomic E-state index is 5.79. The molecule has 0 bridgehead atoms. The van der Waals surface area contributed by atoms with Crippen LogP contribution in [0, 0.1) is 5.92 Å². The zero-order chi connectivity index (χ0) is 13.1. The van der Waals surface area contributed by atoms with Gasteiger partial charge in [-0.2, -0.15) is 0 Å². The number of rotatable bonds is 5. The van der Waals surface area contributed by atoms with E-state index in [2.05, 4.69) is 30.4 Å². The van der Waals surface area contributed by atoms with Crippen LogP contribution in [0.15, 0.2) is 18.2 Å². The number of benzene rings is 1. The van der Waals surface area contributed by atoms with Crippen molar-refractivity contribution in [3.05, 3.63) is 23.8 Å². The molecule has 1 saturated carbocycles. The highest BCUT2D eigenvalue weighted by Gasteiger charge is 2.32. The van der Waals surface area contributed by atoms with E-state index in [1.54, 1.807) is 0 Å². The molecule has 0 aromatic heterocycles. The second kappa shape index (κ2) is 5.83. The van der Waals surface area contributed by atoms with Gasteiger partial charge in [0.2, 0.25) is 0 Å². The van der Waals surface area contributed by atoms with E-state index in [-0.39, 0.29) is 0 Å². The van der Waals surface area contributed by atoms with E-state index >= 15 is 0 Å². The average Bonchev–Trinajstić information content (AvgIpc) is 3.25. The normalized spacial score (nSPS) is 19.8. The van der Waals surface area contributed by atoms with Gasteiger partial charge in [-0.05, 0) is 49.4 Å². The lowest BCUT2D eigenvalue weighted by molar-refractivity contribution is 0.297. The number of hydrogen-bond acceptors (Lipinski definition) is 3. The van der Waals surface area contributed by atoms with Gasteiger partial charge in [-0.25, -0.2) is 0 Å². The van der Waals surface area contributed by atoms with Crippen LogP contribution in [0.3, 0.4) is 0 Å². The first-order valence-corrected chi connectivity index (χ1v) is 7.51. The lowest BCUT2D eigenvalue weighted by Crippen LogP contribution is -2.23. The molecule has 3 rings (SSSR count). The molecule has 0 amide bonds. The molecule has 1 heterocycles. The Bertz CT molecular complexity index is 429. The zero-order valence-corrected chi connectivity index (χ0v) is 11.7. The van der Waals surface area contributed by atoms with Gasteiger partial charge in [0, 0.05) is 12.5 Å². The molecule has 1 N–H and O–H groups in total. The van der Waals surface area contributed by atoms with Gasteiger partial charge in [-0.3, -0.25) is 0 Å². The van der Waals surface area contributed by atoms with Crippen LogP contribution in [-0.2, 0) is 0 Å². The smallest absolute Gasteiger partial charge is 0.161 e. The van der Waals surface area contributed by atoms with Crippen molar-refractivity contribution in [2.75, 3.05) is 19.8 Å². The Kier molecular flexibility index (Phi) is 3.92. The van der Waals surface area contributed by atoms with Gasteiger partial charge in [0.15, 0.2) is 11.5 Å². The SMILES string of the molecule is CCCNC(c1ccc2c(c1)OCCCO2)C1CC1. The van der Waals surface area contributed by atoms with Crippen LogP contribution in [0.2, 0.25) is 0 Å². The van der Waals surface area contributed by atoms with Gasteiger partial charge in [0.1, 0.15) is 0 Å². The van der Waals surface area contributed by atoms with E-state index in [1.165, 1.54) is 24.8 Å². The summed E-state index contributed by atoms with van der Waals surface area (Å²) in [5, 5.41) is 3.67. The van der Waals surface area contributed by atoms with Crippen LogP contribution >= 0.6 is 0 Å². The molecule has 1 unspecified atom stereocenters. The van der Waals surface area contributed by atoms with Crippen LogP contribution < -0.4 is 14.8 Å². The van der Waals surface area contributed by atoms with E-state index in [0.29, 0.717) is 6.04 Å². The number of nitrogens with one attached hydrogen (secondary N) is 1. The molecule has 0 spiro atoms. The second-order valence-electron chi connectivity index (χ2n) is 5.53. The van der Waals surface area contributed by atoms with Crippen molar-refractivity contribution in [2.24, 2.45) is 5.92 Å². The quantitative estimate of drug-likeness (QED) is 0.882. The molecule has 1 fully saturated rings. The van der Waals surface area contributed by atoms with Gasteiger partial charge >= 0.3 is 0 Å². The minimum atomic E-state index is 0.483. The highest BCUT2D eigenvalue weighted by Crippen LogP contribution is 2.43. The second-order valence-corrected chi connectivity index (χ2v) is 5.53. The third-order valence-corrected chi connectivity index (χ3v) is 3.84. The fourth-order valence-corrected chi connectivity index (χ4v) is 2.66. The van der Waals surface area contributed by atoms with Crippen molar-refractivity contribution in [1.82, 2.24) is 5.32 Å². The van der Waals surface area contributed by atoms with Crippen molar-refractivity contribution in [1.29, 1.82) is 0 Å². The van der Waals surface area contributed by atoms with Crippen molar-refractivity contribution >= 4 is 0 Å². The van der Waals surface area contributed by atoms with Crippen LogP contribution in [0.4, 0.5) is 0 Å². The highest BCUT2D eigenvalue weighted by molar-refractivity contribution is 5.44. The summed E-state index contributed by atoms with van der Waals surface area (Å²) in [6.07, 6.45) is 4.82. The van der Waals surface area contributed by atoms with E-state index < -0.39 is 0 Å². The van der Waals surface area contributed by atoms with E-state index in [1.807, 2.05) is 0 Å². The first-order chi connectivity index (χ1) is 9.38. The standard InChI is InChI=1S/C16H23NO2/c1-2-8-17-16(12-4-5-12)13-6-7-14-15(11-13)19-10-3-9-18-14/h6-7,11-12,16-17H,2-5,8-10H2,1H3. The maximum Gasteiger partial charge on any atom is 0.161 e. The number of ether oxygens (including phenoxy) is 2. The minimum Gasteiger partial charge on any atom is -0.490 e. The molecule has 1 aromatic carbocycles. The molecule has 1 atom stereocenters. The average molecular weight is 261 g/mol. The predicted octanol–water partition coefficient (Wildman–Crippen LogP) is 3.30. The van der Waals surface area contributed by atoms with Gasteiger partial charge in [-0.15, -0.1) is 0 Å². The maximum absolute atomic E-state index is 5.79. The van der Waals surface area contributed by atoms with Crippen molar-refractivity contribution in [3.63, 3.8) is 0 Å².